The molecule has 0 saturated carbocycles. The lowest BCUT2D eigenvalue weighted by Crippen LogP contribution is -2.38. The molecule has 2 aromatic rings. The molecule has 0 spiro atoms. The molecule has 2 rings (SSSR count). The summed E-state index contributed by atoms with van der Waals surface area (Å²) in [5.74, 6) is 0.508. The molecule has 0 bridgehead atoms. The third-order valence-electron chi connectivity index (χ3n) is 4.33. The van der Waals surface area contributed by atoms with Crippen LogP contribution in [-0.4, -0.2) is 48.5 Å². The first kappa shape index (κ1) is 21.5. The van der Waals surface area contributed by atoms with E-state index in [4.69, 9.17) is 4.74 Å². The highest BCUT2D eigenvalue weighted by molar-refractivity contribution is 5.89. The van der Waals surface area contributed by atoms with Gasteiger partial charge in [-0.15, -0.1) is 0 Å². The third kappa shape index (κ3) is 6.72. The zero-order valence-corrected chi connectivity index (χ0v) is 17.3. The SMILES string of the molecule is CCNC(=NCCCn1nc(C)cc1C)NCCc1ccc(C(=O)OC)cc1. The van der Waals surface area contributed by atoms with Crippen molar-refractivity contribution in [2.24, 2.45) is 4.99 Å². The third-order valence-corrected chi connectivity index (χ3v) is 4.33. The van der Waals surface area contributed by atoms with Crippen molar-refractivity contribution in [1.82, 2.24) is 20.4 Å². The van der Waals surface area contributed by atoms with Gasteiger partial charge in [-0.2, -0.15) is 5.10 Å². The van der Waals surface area contributed by atoms with E-state index < -0.39 is 0 Å². The molecule has 7 heteroatoms. The van der Waals surface area contributed by atoms with Crippen LogP contribution < -0.4 is 10.6 Å². The van der Waals surface area contributed by atoms with Crippen molar-refractivity contribution in [2.75, 3.05) is 26.7 Å². The van der Waals surface area contributed by atoms with Gasteiger partial charge >= 0.3 is 5.97 Å². The Kier molecular flexibility index (Phi) is 8.52. The Balaban J connectivity index is 1.77. The van der Waals surface area contributed by atoms with Gasteiger partial charge in [-0.25, -0.2) is 4.79 Å². The number of aryl methyl sites for hydroxylation is 3. The van der Waals surface area contributed by atoms with E-state index >= 15 is 0 Å². The molecule has 0 radical (unpaired) electrons. The summed E-state index contributed by atoms with van der Waals surface area (Å²) in [6, 6.07) is 9.57. The second kappa shape index (κ2) is 11.1. The number of rotatable bonds is 9. The van der Waals surface area contributed by atoms with Crippen LogP contribution in [0.1, 0.15) is 40.7 Å². The monoisotopic (exact) mass is 385 g/mol. The molecule has 0 saturated heterocycles. The van der Waals surface area contributed by atoms with E-state index in [9.17, 15) is 4.79 Å². The minimum Gasteiger partial charge on any atom is -0.465 e. The molecule has 0 aliphatic carbocycles. The zero-order valence-electron chi connectivity index (χ0n) is 17.3. The van der Waals surface area contributed by atoms with Crippen molar-refractivity contribution in [1.29, 1.82) is 0 Å². The summed E-state index contributed by atoms with van der Waals surface area (Å²) >= 11 is 0. The molecule has 0 amide bonds. The summed E-state index contributed by atoms with van der Waals surface area (Å²) in [5.41, 5.74) is 3.96. The maximum absolute atomic E-state index is 11.5. The van der Waals surface area contributed by atoms with Crippen LogP contribution in [0, 0.1) is 13.8 Å². The van der Waals surface area contributed by atoms with E-state index in [-0.39, 0.29) is 5.97 Å². The van der Waals surface area contributed by atoms with Crippen molar-refractivity contribution in [3.63, 3.8) is 0 Å². The Hall–Kier alpha value is -2.83. The molecule has 1 aromatic heterocycles. The fourth-order valence-electron chi connectivity index (χ4n) is 2.90. The topological polar surface area (TPSA) is 80.5 Å². The van der Waals surface area contributed by atoms with E-state index in [0.717, 1.165) is 56.2 Å². The van der Waals surface area contributed by atoms with E-state index in [1.54, 1.807) is 12.1 Å². The average molecular weight is 386 g/mol. The highest BCUT2D eigenvalue weighted by Gasteiger charge is 2.05. The number of esters is 1. The molecule has 1 heterocycles. The van der Waals surface area contributed by atoms with E-state index in [1.807, 2.05) is 23.7 Å². The predicted molar refractivity (Wildman–Crippen MR) is 112 cm³/mol. The van der Waals surface area contributed by atoms with Gasteiger partial charge in [-0.05, 0) is 57.4 Å². The number of ether oxygens (including phenoxy) is 1. The summed E-state index contributed by atoms with van der Waals surface area (Å²) in [6.45, 7) is 9.33. The largest absolute Gasteiger partial charge is 0.465 e. The van der Waals surface area contributed by atoms with Crippen LogP contribution in [-0.2, 0) is 17.7 Å². The Labute approximate surface area is 167 Å². The van der Waals surface area contributed by atoms with Crippen molar-refractivity contribution >= 4 is 11.9 Å². The molecule has 7 nitrogen and oxygen atoms in total. The normalized spacial score (nSPS) is 11.4. The molecule has 0 unspecified atom stereocenters. The predicted octanol–water partition coefficient (Wildman–Crippen LogP) is 2.47. The smallest absolute Gasteiger partial charge is 0.337 e. The van der Waals surface area contributed by atoms with Crippen LogP contribution in [0.5, 0.6) is 0 Å². The van der Waals surface area contributed by atoms with Crippen LogP contribution in [0.2, 0.25) is 0 Å². The number of carbonyl (C=O) groups is 1. The minimum absolute atomic E-state index is 0.313. The van der Waals surface area contributed by atoms with Crippen molar-refractivity contribution in [3.05, 3.63) is 52.8 Å². The van der Waals surface area contributed by atoms with Gasteiger partial charge in [0.2, 0.25) is 0 Å². The molecule has 28 heavy (non-hydrogen) atoms. The van der Waals surface area contributed by atoms with Crippen LogP contribution >= 0.6 is 0 Å². The molecule has 0 aliphatic heterocycles. The lowest BCUT2D eigenvalue weighted by molar-refractivity contribution is 0.0600. The minimum atomic E-state index is -0.313. The van der Waals surface area contributed by atoms with E-state index in [2.05, 4.69) is 40.6 Å². The lowest BCUT2D eigenvalue weighted by atomic mass is 10.1. The Morgan fingerprint density at radius 1 is 1.21 bits per heavy atom. The van der Waals surface area contributed by atoms with Crippen molar-refractivity contribution in [2.45, 2.75) is 40.2 Å². The maximum Gasteiger partial charge on any atom is 0.337 e. The summed E-state index contributed by atoms with van der Waals surface area (Å²) in [4.78, 5) is 16.1. The second-order valence-electron chi connectivity index (χ2n) is 6.63. The Bertz CT molecular complexity index is 781. The number of aromatic nitrogens is 2. The summed E-state index contributed by atoms with van der Waals surface area (Å²) in [6.07, 6.45) is 1.78. The van der Waals surface area contributed by atoms with Gasteiger partial charge in [-0.1, -0.05) is 12.1 Å². The first-order valence-corrected chi connectivity index (χ1v) is 9.74. The quantitative estimate of drug-likeness (QED) is 0.300. The Morgan fingerprint density at radius 2 is 1.96 bits per heavy atom. The van der Waals surface area contributed by atoms with Gasteiger partial charge in [0.05, 0.1) is 18.4 Å². The fourth-order valence-corrected chi connectivity index (χ4v) is 2.90. The summed E-state index contributed by atoms with van der Waals surface area (Å²) < 4.78 is 6.75. The standard InChI is InChI=1S/C21H31N5O2/c1-5-22-21(23-12-6-14-26-17(3)15-16(2)25-26)24-13-11-18-7-9-19(10-8-18)20(27)28-4/h7-10,15H,5-6,11-14H2,1-4H3,(H2,22,23,24). The molecular formula is C21H31N5O2. The Morgan fingerprint density at radius 3 is 2.57 bits per heavy atom. The summed E-state index contributed by atoms with van der Waals surface area (Å²) in [7, 11) is 1.39. The van der Waals surface area contributed by atoms with E-state index in [0.29, 0.717) is 5.56 Å². The highest BCUT2D eigenvalue weighted by atomic mass is 16.5. The van der Waals surface area contributed by atoms with Gasteiger partial charge in [-0.3, -0.25) is 9.67 Å². The average Bonchev–Trinajstić information content (AvgIpc) is 3.02. The molecule has 1 aromatic carbocycles. The van der Waals surface area contributed by atoms with Gasteiger partial charge in [0.25, 0.3) is 0 Å². The molecule has 2 N–H and O–H groups in total. The van der Waals surface area contributed by atoms with Crippen LogP contribution in [0.4, 0.5) is 0 Å². The first-order valence-electron chi connectivity index (χ1n) is 9.74. The van der Waals surface area contributed by atoms with Crippen molar-refractivity contribution in [3.8, 4) is 0 Å². The van der Waals surface area contributed by atoms with Gasteiger partial charge in [0.1, 0.15) is 0 Å². The number of methoxy groups -OCH3 is 1. The van der Waals surface area contributed by atoms with Crippen LogP contribution in [0.15, 0.2) is 35.3 Å². The van der Waals surface area contributed by atoms with Gasteiger partial charge < -0.3 is 15.4 Å². The number of nitrogens with zero attached hydrogens (tertiary/aromatic N) is 3. The number of nitrogens with one attached hydrogen (secondary N) is 2. The molecule has 152 valence electrons. The first-order chi connectivity index (χ1) is 13.5. The molecule has 0 atom stereocenters. The number of aliphatic imine (C=N–C) groups is 1. The molecule has 0 aliphatic rings. The maximum atomic E-state index is 11.5. The van der Waals surface area contributed by atoms with Gasteiger partial charge in [0, 0.05) is 31.9 Å². The highest BCUT2D eigenvalue weighted by Crippen LogP contribution is 2.06. The number of guanidine groups is 1. The summed E-state index contributed by atoms with van der Waals surface area (Å²) in [5, 5.41) is 11.1. The number of hydrogen-bond donors (Lipinski definition) is 2. The lowest BCUT2D eigenvalue weighted by Gasteiger charge is -2.11. The number of hydrogen-bond acceptors (Lipinski definition) is 4. The number of carbonyl (C=O) groups excluding carboxylic acids is 1. The fraction of sp³-hybridized carbons (Fsp3) is 0.476. The molecule has 0 fully saturated rings. The zero-order chi connectivity index (χ0) is 20.4. The van der Waals surface area contributed by atoms with Crippen molar-refractivity contribution < 1.29 is 9.53 Å². The van der Waals surface area contributed by atoms with Crippen LogP contribution in [0.25, 0.3) is 0 Å². The van der Waals surface area contributed by atoms with E-state index in [1.165, 1.54) is 12.8 Å². The number of benzene rings is 1. The molecular weight excluding hydrogens is 354 g/mol. The van der Waals surface area contributed by atoms with Gasteiger partial charge in [0.15, 0.2) is 5.96 Å². The second-order valence-corrected chi connectivity index (χ2v) is 6.63. The van der Waals surface area contributed by atoms with Crippen LogP contribution in [0.3, 0.4) is 0 Å².